The van der Waals surface area contributed by atoms with Gasteiger partial charge in [-0.1, -0.05) is 43.3 Å². The van der Waals surface area contributed by atoms with Gasteiger partial charge in [-0.05, 0) is 37.0 Å². The van der Waals surface area contributed by atoms with Crippen molar-refractivity contribution in [2.45, 2.75) is 38.8 Å². The predicted molar refractivity (Wildman–Crippen MR) is 101 cm³/mol. The van der Waals surface area contributed by atoms with E-state index in [9.17, 15) is 0 Å². The third-order valence-electron chi connectivity index (χ3n) is 4.51. The van der Waals surface area contributed by atoms with Gasteiger partial charge in [0.25, 0.3) is 0 Å². The normalized spacial score (nSPS) is 16.0. The van der Waals surface area contributed by atoms with Crippen molar-refractivity contribution in [3.63, 3.8) is 0 Å². The van der Waals surface area contributed by atoms with E-state index in [-0.39, 0.29) is 0 Å². The van der Waals surface area contributed by atoms with E-state index in [2.05, 4.69) is 65.7 Å². The smallest absolute Gasteiger partial charge is 0.121 e. The van der Waals surface area contributed by atoms with Gasteiger partial charge in [-0.25, -0.2) is 0 Å². The fourth-order valence-corrected chi connectivity index (χ4v) is 3.21. The van der Waals surface area contributed by atoms with Crippen LogP contribution in [0.1, 0.15) is 31.7 Å². The number of anilines is 1. The number of rotatable bonds is 7. The van der Waals surface area contributed by atoms with Crippen molar-refractivity contribution in [3.05, 3.63) is 60.2 Å². The molecular weight excluding hydrogens is 296 g/mol. The van der Waals surface area contributed by atoms with E-state index in [0.29, 0.717) is 6.04 Å². The quantitative estimate of drug-likeness (QED) is 0.808. The first kappa shape index (κ1) is 16.8. The zero-order chi connectivity index (χ0) is 16.6. The third kappa shape index (κ3) is 5.00. The highest BCUT2D eigenvalue weighted by atomic mass is 16.5. The first-order valence-corrected chi connectivity index (χ1v) is 9.09. The van der Waals surface area contributed by atoms with Gasteiger partial charge in [-0.2, -0.15) is 0 Å². The van der Waals surface area contributed by atoms with Gasteiger partial charge in [0, 0.05) is 37.4 Å². The molecule has 0 aromatic heterocycles. The summed E-state index contributed by atoms with van der Waals surface area (Å²) in [6, 6.07) is 19.7. The first-order valence-electron chi connectivity index (χ1n) is 9.09. The second kappa shape index (κ2) is 8.74. The van der Waals surface area contributed by atoms with Crippen LogP contribution >= 0.6 is 0 Å². The van der Waals surface area contributed by atoms with Crippen molar-refractivity contribution < 1.29 is 4.74 Å². The minimum Gasteiger partial charge on any atom is -0.494 e. The van der Waals surface area contributed by atoms with Gasteiger partial charge in [0.2, 0.25) is 0 Å². The number of nitrogens with zero attached hydrogens (tertiary/aromatic N) is 1. The SMILES string of the molecule is CCCOc1cccc(NC2CCN(Cc3ccccc3)CC2)c1. The van der Waals surface area contributed by atoms with Crippen LogP contribution in [-0.2, 0) is 6.54 Å². The van der Waals surface area contributed by atoms with Gasteiger partial charge in [0.15, 0.2) is 0 Å². The van der Waals surface area contributed by atoms with Crippen molar-refractivity contribution in [3.8, 4) is 5.75 Å². The number of ether oxygens (including phenoxy) is 1. The Morgan fingerprint density at radius 1 is 1.04 bits per heavy atom. The summed E-state index contributed by atoms with van der Waals surface area (Å²) in [5.74, 6) is 0.961. The Kier molecular flexibility index (Phi) is 6.13. The van der Waals surface area contributed by atoms with E-state index in [1.807, 2.05) is 6.07 Å². The fraction of sp³-hybridized carbons (Fsp3) is 0.429. The molecule has 1 fully saturated rings. The lowest BCUT2D eigenvalue weighted by molar-refractivity contribution is 0.211. The number of likely N-dealkylation sites (tertiary alicyclic amines) is 1. The Labute approximate surface area is 145 Å². The predicted octanol–water partition coefficient (Wildman–Crippen LogP) is 4.55. The monoisotopic (exact) mass is 324 g/mol. The van der Waals surface area contributed by atoms with Crippen LogP contribution in [0.25, 0.3) is 0 Å². The van der Waals surface area contributed by atoms with Crippen LogP contribution in [0.15, 0.2) is 54.6 Å². The molecule has 0 saturated carbocycles. The maximum Gasteiger partial charge on any atom is 0.121 e. The second-order valence-corrected chi connectivity index (χ2v) is 6.56. The lowest BCUT2D eigenvalue weighted by Crippen LogP contribution is -2.38. The van der Waals surface area contributed by atoms with Crippen LogP contribution in [0.3, 0.4) is 0 Å². The van der Waals surface area contributed by atoms with Crippen molar-refractivity contribution in [1.29, 1.82) is 0 Å². The van der Waals surface area contributed by atoms with Crippen molar-refractivity contribution in [2.75, 3.05) is 25.0 Å². The maximum atomic E-state index is 5.72. The molecule has 0 bridgehead atoms. The third-order valence-corrected chi connectivity index (χ3v) is 4.51. The molecule has 2 aromatic rings. The van der Waals surface area contributed by atoms with Crippen molar-refractivity contribution >= 4 is 5.69 Å². The van der Waals surface area contributed by atoms with E-state index in [1.165, 1.54) is 24.1 Å². The number of benzene rings is 2. The summed E-state index contributed by atoms with van der Waals surface area (Å²) in [5.41, 5.74) is 2.58. The highest BCUT2D eigenvalue weighted by Crippen LogP contribution is 2.22. The second-order valence-electron chi connectivity index (χ2n) is 6.56. The molecule has 1 aliphatic heterocycles. The molecule has 0 atom stereocenters. The first-order chi connectivity index (χ1) is 11.8. The van der Waals surface area contributed by atoms with Crippen LogP contribution < -0.4 is 10.1 Å². The summed E-state index contributed by atoms with van der Waals surface area (Å²) in [7, 11) is 0. The van der Waals surface area contributed by atoms with Crippen molar-refractivity contribution in [2.24, 2.45) is 0 Å². The van der Waals surface area contributed by atoms with E-state index >= 15 is 0 Å². The van der Waals surface area contributed by atoms with Gasteiger partial charge in [-0.15, -0.1) is 0 Å². The molecule has 0 spiro atoms. The summed E-state index contributed by atoms with van der Waals surface area (Å²) in [6.07, 6.45) is 3.41. The molecule has 3 heteroatoms. The summed E-state index contributed by atoms with van der Waals surface area (Å²) >= 11 is 0. The Morgan fingerprint density at radius 2 is 1.83 bits per heavy atom. The van der Waals surface area contributed by atoms with Crippen LogP contribution in [0.2, 0.25) is 0 Å². The number of hydrogen-bond acceptors (Lipinski definition) is 3. The van der Waals surface area contributed by atoms with E-state index in [0.717, 1.165) is 38.4 Å². The zero-order valence-corrected chi connectivity index (χ0v) is 14.6. The topological polar surface area (TPSA) is 24.5 Å². The Balaban J connectivity index is 1.47. The number of nitrogens with one attached hydrogen (secondary N) is 1. The highest BCUT2D eigenvalue weighted by molar-refractivity contribution is 5.48. The fourth-order valence-electron chi connectivity index (χ4n) is 3.21. The zero-order valence-electron chi connectivity index (χ0n) is 14.6. The van der Waals surface area contributed by atoms with E-state index in [1.54, 1.807) is 0 Å². The average Bonchev–Trinajstić information content (AvgIpc) is 2.63. The Morgan fingerprint density at radius 3 is 2.58 bits per heavy atom. The molecule has 0 unspecified atom stereocenters. The lowest BCUT2D eigenvalue weighted by Gasteiger charge is -2.33. The summed E-state index contributed by atoms with van der Waals surface area (Å²) in [4.78, 5) is 2.55. The molecule has 0 radical (unpaired) electrons. The Bertz CT molecular complexity index is 606. The molecule has 0 amide bonds. The van der Waals surface area contributed by atoms with E-state index < -0.39 is 0 Å². The molecule has 1 saturated heterocycles. The molecule has 2 aromatic carbocycles. The summed E-state index contributed by atoms with van der Waals surface area (Å²) < 4.78 is 5.72. The molecule has 1 heterocycles. The molecular formula is C21H28N2O. The molecule has 3 rings (SSSR count). The largest absolute Gasteiger partial charge is 0.494 e. The van der Waals surface area contributed by atoms with Crippen LogP contribution in [0.5, 0.6) is 5.75 Å². The minimum absolute atomic E-state index is 0.554. The summed E-state index contributed by atoms with van der Waals surface area (Å²) in [5, 5.41) is 3.68. The van der Waals surface area contributed by atoms with Gasteiger partial charge < -0.3 is 10.1 Å². The molecule has 128 valence electrons. The van der Waals surface area contributed by atoms with Crippen LogP contribution in [-0.4, -0.2) is 30.6 Å². The summed E-state index contributed by atoms with van der Waals surface area (Å²) in [6.45, 7) is 6.28. The molecule has 1 N–H and O–H groups in total. The standard InChI is InChI=1S/C21H28N2O/c1-2-15-24-21-10-6-9-20(16-21)22-19-11-13-23(14-12-19)17-18-7-4-3-5-8-18/h3-10,16,19,22H,2,11-15,17H2,1H3. The molecule has 1 aliphatic rings. The number of piperidine rings is 1. The minimum atomic E-state index is 0.554. The van der Waals surface area contributed by atoms with Crippen LogP contribution in [0.4, 0.5) is 5.69 Å². The molecule has 0 aliphatic carbocycles. The van der Waals surface area contributed by atoms with Gasteiger partial charge >= 0.3 is 0 Å². The lowest BCUT2D eigenvalue weighted by atomic mass is 10.0. The average molecular weight is 324 g/mol. The maximum absolute atomic E-state index is 5.72. The van der Waals surface area contributed by atoms with Gasteiger partial charge in [0.05, 0.1) is 6.61 Å². The Hall–Kier alpha value is -2.00. The molecule has 3 nitrogen and oxygen atoms in total. The van der Waals surface area contributed by atoms with Crippen molar-refractivity contribution in [1.82, 2.24) is 4.90 Å². The molecule has 24 heavy (non-hydrogen) atoms. The van der Waals surface area contributed by atoms with Gasteiger partial charge in [-0.3, -0.25) is 4.90 Å². The van der Waals surface area contributed by atoms with Gasteiger partial charge in [0.1, 0.15) is 5.75 Å². The van der Waals surface area contributed by atoms with Crippen LogP contribution in [0, 0.1) is 0 Å². The van der Waals surface area contributed by atoms with E-state index in [4.69, 9.17) is 4.74 Å². The highest BCUT2D eigenvalue weighted by Gasteiger charge is 2.19. The number of hydrogen-bond donors (Lipinski definition) is 1.